The van der Waals surface area contributed by atoms with Crippen LogP contribution in [0, 0.1) is 6.92 Å². The van der Waals surface area contributed by atoms with Crippen LogP contribution in [0.5, 0.6) is 0 Å². The molecule has 0 saturated carbocycles. The van der Waals surface area contributed by atoms with Gasteiger partial charge in [0.15, 0.2) is 0 Å². The zero-order valence-electron chi connectivity index (χ0n) is 11.8. The molecule has 0 aliphatic carbocycles. The van der Waals surface area contributed by atoms with Gasteiger partial charge in [-0.1, -0.05) is 6.92 Å². The van der Waals surface area contributed by atoms with Gasteiger partial charge in [-0.3, -0.25) is 9.36 Å². The van der Waals surface area contributed by atoms with E-state index in [9.17, 15) is 0 Å². The number of aryl methyl sites for hydroxylation is 2. The molecule has 0 radical (unpaired) electrons. The molecule has 0 aliphatic rings. The Morgan fingerprint density at radius 3 is 2.63 bits per heavy atom. The molecule has 0 aliphatic heterocycles. The smallest absolute Gasteiger partial charge is 0.0758 e. The van der Waals surface area contributed by atoms with E-state index in [2.05, 4.69) is 42.5 Å². The SMILES string of the molecule is CCCn1cc(CNc2cnn(CC)c2C)cn1.Cl. The quantitative estimate of drug-likeness (QED) is 0.887. The minimum Gasteiger partial charge on any atom is -0.378 e. The van der Waals surface area contributed by atoms with Crippen molar-refractivity contribution in [2.24, 2.45) is 0 Å². The van der Waals surface area contributed by atoms with Crippen molar-refractivity contribution in [2.45, 2.75) is 46.8 Å². The molecule has 6 heteroatoms. The van der Waals surface area contributed by atoms with E-state index >= 15 is 0 Å². The number of hydrogen-bond donors (Lipinski definition) is 1. The van der Waals surface area contributed by atoms with E-state index in [1.54, 1.807) is 0 Å². The standard InChI is InChI=1S/C13H21N5.ClH/c1-4-6-17-10-12(8-15-17)7-14-13-9-16-18(5-2)11(13)3;/h8-10,14H,4-7H2,1-3H3;1H. The number of aromatic nitrogens is 4. The largest absolute Gasteiger partial charge is 0.378 e. The Morgan fingerprint density at radius 2 is 2.00 bits per heavy atom. The van der Waals surface area contributed by atoms with Gasteiger partial charge in [0.05, 0.1) is 23.8 Å². The highest BCUT2D eigenvalue weighted by atomic mass is 35.5. The van der Waals surface area contributed by atoms with Crippen LogP contribution >= 0.6 is 12.4 Å². The molecule has 19 heavy (non-hydrogen) atoms. The Hall–Kier alpha value is -1.49. The van der Waals surface area contributed by atoms with Gasteiger partial charge in [0, 0.05) is 31.4 Å². The number of rotatable bonds is 6. The molecule has 106 valence electrons. The first-order chi connectivity index (χ1) is 8.74. The van der Waals surface area contributed by atoms with Crippen molar-refractivity contribution in [3.63, 3.8) is 0 Å². The van der Waals surface area contributed by atoms with Crippen molar-refractivity contribution < 1.29 is 0 Å². The summed E-state index contributed by atoms with van der Waals surface area (Å²) in [5, 5.41) is 12.0. The molecular formula is C13H22ClN5. The molecule has 0 unspecified atom stereocenters. The molecule has 0 spiro atoms. The highest BCUT2D eigenvalue weighted by Crippen LogP contribution is 2.14. The number of nitrogens with zero attached hydrogens (tertiary/aromatic N) is 4. The van der Waals surface area contributed by atoms with E-state index < -0.39 is 0 Å². The van der Waals surface area contributed by atoms with Crippen LogP contribution in [-0.2, 0) is 19.6 Å². The van der Waals surface area contributed by atoms with Crippen molar-refractivity contribution in [3.8, 4) is 0 Å². The molecule has 0 amide bonds. The van der Waals surface area contributed by atoms with Crippen LogP contribution in [0.3, 0.4) is 0 Å². The van der Waals surface area contributed by atoms with E-state index in [0.717, 1.165) is 31.7 Å². The monoisotopic (exact) mass is 283 g/mol. The summed E-state index contributed by atoms with van der Waals surface area (Å²) in [6.07, 6.45) is 7.00. The molecule has 0 aromatic carbocycles. The molecule has 2 aromatic rings. The number of hydrogen-bond acceptors (Lipinski definition) is 3. The number of nitrogens with one attached hydrogen (secondary N) is 1. The predicted octanol–water partition coefficient (Wildman–Crippen LogP) is 2.85. The Morgan fingerprint density at radius 1 is 1.21 bits per heavy atom. The Balaban J connectivity index is 0.00000180. The molecule has 0 saturated heterocycles. The van der Waals surface area contributed by atoms with Crippen molar-refractivity contribution in [3.05, 3.63) is 29.8 Å². The third-order valence-electron chi connectivity index (χ3n) is 3.03. The van der Waals surface area contributed by atoms with E-state index in [0.29, 0.717) is 0 Å². The lowest BCUT2D eigenvalue weighted by Crippen LogP contribution is -2.02. The maximum atomic E-state index is 4.32. The summed E-state index contributed by atoms with van der Waals surface area (Å²) in [6, 6.07) is 0. The van der Waals surface area contributed by atoms with Crippen LogP contribution in [0.1, 0.15) is 31.5 Å². The maximum absolute atomic E-state index is 4.32. The Kier molecular flexibility index (Phi) is 5.89. The summed E-state index contributed by atoms with van der Waals surface area (Å²) in [7, 11) is 0. The summed E-state index contributed by atoms with van der Waals surface area (Å²) in [5.41, 5.74) is 3.48. The molecule has 0 fully saturated rings. The number of halogens is 1. The Labute approximate surface area is 120 Å². The first-order valence-corrected chi connectivity index (χ1v) is 6.52. The first-order valence-electron chi connectivity index (χ1n) is 6.52. The molecule has 5 nitrogen and oxygen atoms in total. The summed E-state index contributed by atoms with van der Waals surface area (Å²) in [5.74, 6) is 0. The van der Waals surface area contributed by atoms with Crippen molar-refractivity contribution in [1.29, 1.82) is 0 Å². The molecule has 2 rings (SSSR count). The van der Waals surface area contributed by atoms with Gasteiger partial charge in [-0.25, -0.2) is 0 Å². The summed E-state index contributed by atoms with van der Waals surface area (Å²) in [6.45, 7) is 9.01. The average molecular weight is 284 g/mol. The average Bonchev–Trinajstić information content (AvgIpc) is 2.94. The van der Waals surface area contributed by atoms with Gasteiger partial charge >= 0.3 is 0 Å². The Bertz CT molecular complexity index is 503. The molecule has 2 aromatic heterocycles. The van der Waals surface area contributed by atoms with Gasteiger partial charge in [-0.05, 0) is 20.3 Å². The second kappa shape index (κ2) is 7.19. The highest BCUT2D eigenvalue weighted by Gasteiger charge is 2.05. The lowest BCUT2D eigenvalue weighted by atomic mass is 10.3. The highest BCUT2D eigenvalue weighted by molar-refractivity contribution is 5.85. The van der Waals surface area contributed by atoms with Crippen molar-refractivity contribution in [2.75, 3.05) is 5.32 Å². The van der Waals surface area contributed by atoms with Crippen LogP contribution < -0.4 is 5.32 Å². The summed E-state index contributed by atoms with van der Waals surface area (Å²) >= 11 is 0. The summed E-state index contributed by atoms with van der Waals surface area (Å²) in [4.78, 5) is 0. The van der Waals surface area contributed by atoms with Crippen LogP contribution in [0.15, 0.2) is 18.6 Å². The molecule has 0 atom stereocenters. The van der Waals surface area contributed by atoms with E-state index in [4.69, 9.17) is 0 Å². The molecule has 1 N–H and O–H groups in total. The van der Waals surface area contributed by atoms with Gasteiger partial charge in [0.2, 0.25) is 0 Å². The number of anilines is 1. The molecule has 2 heterocycles. The third kappa shape index (κ3) is 3.73. The van der Waals surface area contributed by atoms with E-state index in [1.807, 2.05) is 21.8 Å². The van der Waals surface area contributed by atoms with Crippen LogP contribution in [0.25, 0.3) is 0 Å². The van der Waals surface area contributed by atoms with Crippen molar-refractivity contribution in [1.82, 2.24) is 19.6 Å². The van der Waals surface area contributed by atoms with E-state index in [-0.39, 0.29) is 12.4 Å². The topological polar surface area (TPSA) is 47.7 Å². The fraction of sp³-hybridized carbons (Fsp3) is 0.538. The van der Waals surface area contributed by atoms with Gasteiger partial charge in [-0.15, -0.1) is 12.4 Å². The van der Waals surface area contributed by atoms with Gasteiger partial charge in [0.25, 0.3) is 0 Å². The van der Waals surface area contributed by atoms with Crippen LogP contribution in [0.4, 0.5) is 5.69 Å². The minimum atomic E-state index is 0. The third-order valence-corrected chi connectivity index (χ3v) is 3.03. The van der Waals surface area contributed by atoms with Gasteiger partial charge in [-0.2, -0.15) is 10.2 Å². The fourth-order valence-corrected chi connectivity index (χ4v) is 1.99. The normalized spacial score (nSPS) is 10.3. The lowest BCUT2D eigenvalue weighted by Gasteiger charge is -2.04. The van der Waals surface area contributed by atoms with E-state index in [1.165, 1.54) is 11.3 Å². The van der Waals surface area contributed by atoms with Gasteiger partial charge in [0.1, 0.15) is 0 Å². The first kappa shape index (κ1) is 15.6. The lowest BCUT2D eigenvalue weighted by molar-refractivity contribution is 0.602. The maximum Gasteiger partial charge on any atom is 0.0758 e. The predicted molar refractivity (Wildman–Crippen MR) is 79.7 cm³/mol. The second-order valence-electron chi connectivity index (χ2n) is 4.42. The second-order valence-corrected chi connectivity index (χ2v) is 4.42. The van der Waals surface area contributed by atoms with Crippen LogP contribution in [-0.4, -0.2) is 19.6 Å². The summed E-state index contributed by atoms with van der Waals surface area (Å²) < 4.78 is 3.97. The molecular weight excluding hydrogens is 262 g/mol. The van der Waals surface area contributed by atoms with Crippen molar-refractivity contribution >= 4 is 18.1 Å². The zero-order chi connectivity index (χ0) is 13.0. The molecule has 0 bridgehead atoms. The zero-order valence-corrected chi connectivity index (χ0v) is 12.6. The van der Waals surface area contributed by atoms with Crippen LogP contribution in [0.2, 0.25) is 0 Å². The fourth-order valence-electron chi connectivity index (χ4n) is 1.99. The minimum absolute atomic E-state index is 0. The van der Waals surface area contributed by atoms with Gasteiger partial charge < -0.3 is 5.32 Å².